The minimum atomic E-state index is -0.311. The van der Waals surface area contributed by atoms with Crippen molar-refractivity contribution in [3.8, 4) is 11.5 Å². The number of hydrogen-bond acceptors (Lipinski definition) is 3. The molecule has 0 radical (unpaired) electrons. The molecule has 114 valence electrons. The first-order valence-corrected chi connectivity index (χ1v) is 7.16. The number of carbonyl (C=O) groups excluding carboxylic acids is 1. The molecule has 0 atom stereocenters. The number of Topliss-reactive ketones (excluding diaryl/α,β-unsaturated/α-hetero) is 1. The third kappa shape index (κ3) is 4.01. The van der Waals surface area contributed by atoms with Crippen molar-refractivity contribution in [2.45, 2.75) is 6.42 Å². The zero-order valence-corrected chi connectivity index (χ0v) is 12.3. The van der Waals surface area contributed by atoms with Gasteiger partial charge in [-0.3, -0.25) is 9.78 Å². The average Bonchev–Trinajstić information content (AvgIpc) is 2.58. The van der Waals surface area contributed by atoms with E-state index >= 15 is 0 Å². The van der Waals surface area contributed by atoms with E-state index in [0.29, 0.717) is 23.5 Å². The van der Waals surface area contributed by atoms with Gasteiger partial charge in [0.2, 0.25) is 0 Å². The average molecular weight is 307 g/mol. The van der Waals surface area contributed by atoms with Gasteiger partial charge in [0.25, 0.3) is 0 Å². The third-order valence-electron chi connectivity index (χ3n) is 3.31. The zero-order chi connectivity index (χ0) is 16.1. The standard InChI is InChI=1S/C19H14FNO2/c20-16-5-9-18(10-6-16)23-17-7-3-15(4-8-17)19(22)12-14-2-1-11-21-13-14/h1-11,13H,12H2. The van der Waals surface area contributed by atoms with Crippen molar-refractivity contribution in [2.24, 2.45) is 0 Å². The molecule has 0 amide bonds. The Morgan fingerprint density at radius 3 is 2.22 bits per heavy atom. The molecule has 1 heterocycles. The molecule has 0 aliphatic rings. The Morgan fingerprint density at radius 1 is 0.957 bits per heavy atom. The van der Waals surface area contributed by atoms with Crippen molar-refractivity contribution >= 4 is 5.78 Å². The Hall–Kier alpha value is -3.01. The first-order valence-electron chi connectivity index (χ1n) is 7.16. The SMILES string of the molecule is O=C(Cc1cccnc1)c1ccc(Oc2ccc(F)cc2)cc1. The maximum atomic E-state index is 12.8. The van der Waals surface area contributed by atoms with Crippen LogP contribution in [0.15, 0.2) is 73.1 Å². The molecule has 0 aliphatic carbocycles. The van der Waals surface area contributed by atoms with E-state index in [1.54, 1.807) is 48.8 Å². The number of halogens is 1. The van der Waals surface area contributed by atoms with Gasteiger partial charge >= 0.3 is 0 Å². The largest absolute Gasteiger partial charge is 0.457 e. The molecule has 0 spiro atoms. The molecule has 0 fully saturated rings. The minimum absolute atomic E-state index is 0.0198. The molecule has 0 bridgehead atoms. The fourth-order valence-corrected chi connectivity index (χ4v) is 2.14. The molecule has 3 rings (SSSR count). The number of nitrogens with zero attached hydrogens (tertiary/aromatic N) is 1. The van der Waals surface area contributed by atoms with Gasteiger partial charge in [0, 0.05) is 24.4 Å². The molecular weight excluding hydrogens is 293 g/mol. The lowest BCUT2D eigenvalue weighted by Gasteiger charge is -2.06. The van der Waals surface area contributed by atoms with E-state index < -0.39 is 0 Å². The Bertz CT molecular complexity index is 784. The van der Waals surface area contributed by atoms with Crippen LogP contribution in [0.2, 0.25) is 0 Å². The van der Waals surface area contributed by atoms with E-state index in [0.717, 1.165) is 5.56 Å². The van der Waals surface area contributed by atoms with Gasteiger partial charge in [0.05, 0.1) is 0 Å². The van der Waals surface area contributed by atoms with Crippen molar-refractivity contribution in [2.75, 3.05) is 0 Å². The van der Waals surface area contributed by atoms with Crippen molar-refractivity contribution in [3.05, 3.63) is 90.0 Å². The molecule has 3 nitrogen and oxygen atoms in total. The van der Waals surface area contributed by atoms with Crippen LogP contribution in [0.25, 0.3) is 0 Å². The summed E-state index contributed by atoms with van der Waals surface area (Å²) < 4.78 is 18.4. The van der Waals surface area contributed by atoms with Gasteiger partial charge in [-0.2, -0.15) is 0 Å². The van der Waals surface area contributed by atoms with Crippen molar-refractivity contribution in [1.82, 2.24) is 4.98 Å². The summed E-state index contributed by atoms with van der Waals surface area (Å²) in [6.07, 6.45) is 3.67. The predicted molar refractivity (Wildman–Crippen MR) is 85.2 cm³/mol. The van der Waals surface area contributed by atoms with Crippen LogP contribution in [0, 0.1) is 5.82 Å². The lowest BCUT2D eigenvalue weighted by molar-refractivity contribution is 0.0993. The number of ether oxygens (including phenoxy) is 1. The highest BCUT2D eigenvalue weighted by molar-refractivity contribution is 5.97. The fraction of sp³-hybridized carbons (Fsp3) is 0.0526. The quantitative estimate of drug-likeness (QED) is 0.654. The van der Waals surface area contributed by atoms with Gasteiger partial charge in [-0.05, 0) is 60.2 Å². The smallest absolute Gasteiger partial charge is 0.167 e. The number of ketones is 1. The first-order chi connectivity index (χ1) is 11.2. The number of benzene rings is 2. The van der Waals surface area contributed by atoms with Crippen LogP contribution >= 0.6 is 0 Å². The van der Waals surface area contributed by atoms with Crippen molar-refractivity contribution < 1.29 is 13.9 Å². The number of pyridine rings is 1. The van der Waals surface area contributed by atoms with Crippen LogP contribution in [0.4, 0.5) is 4.39 Å². The number of aromatic nitrogens is 1. The normalized spacial score (nSPS) is 10.3. The summed E-state index contributed by atoms with van der Waals surface area (Å²) in [6, 6.07) is 16.3. The Morgan fingerprint density at radius 2 is 1.61 bits per heavy atom. The highest BCUT2D eigenvalue weighted by Gasteiger charge is 2.07. The van der Waals surface area contributed by atoms with Gasteiger partial charge in [0.15, 0.2) is 5.78 Å². The Labute approximate surface area is 133 Å². The second kappa shape index (κ2) is 6.83. The maximum absolute atomic E-state index is 12.8. The molecule has 0 N–H and O–H groups in total. The number of hydrogen-bond donors (Lipinski definition) is 0. The summed E-state index contributed by atoms with van der Waals surface area (Å²) in [7, 11) is 0. The summed E-state index contributed by atoms with van der Waals surface area (Å²) in [6.45, 7) is 0. The lowest BCUT2D eigenvalue weighted by atomic mass is 10.0. The zero-order valence-electron chi connectivity index (χ0n) is 12.3. The van der Waals surface area contributed by atoms with Crippen LogP contribution in [0.5, 0.6) is 11.5 Å². The maximum Gasteiger partial charge on any atom is 0.167 e. The van der Waals surface area contributed by atoms with E-state index in [9.17, 15) is 9.18 Å². The molecule has 3 aromatic rings. The lowest BCUT2D eigenvalue weighted by Crippen LogP contribution is -2.03. The van der Waals surface area contributed by atoms with Crippen molar-refractivity contribution in [1.29, 1.82) is 0 Å². The van der Waals surface area contributed by atoms with Crippen LogP contribution < -0.4 is 4.74 Å². The topological polar surface area (TPSA) is 39.2 Å². The summed E-state index contributed by atoms with van der Waals surface area (Å²) in [5, 5.41) is 0. The van der Waals surface area contributed by atoms with Crippen LogP contribution in [-0.2, 0) is 6.42 Å². The molecule has 2 aromatic carbocycles. The monoisotopic (exact) mass is 307 g/mol. The van der Waals surface area contributed by atoms with Gasteiger partial charge in [-0.1, -0.05) is 6.07 Å². The van der Waals surface area contributed by atoms with E-state index in [1.807, 2.05) is 12.1 Å². The van der Waals surface area contributed by atoms with Gasteiger partial charge < -0.3 is 4.74 Å². The second-order valence-corrected chi connectivity index (χ2v) is 5.04. The number of rotatable bonds is 5. The predicted octanol–water partition coefficient (Wildman–Crippen LogP) is 4.44. The molecule has 0 saturated carbocycles. The fourth-order valence-electron chi connectivity index (χ4n) is 2.14. The molecule has 23 heavy (non-hydrogen) atoms. The van der Waals surface area contributed by atoms with Crippen LogP contribution in [-0.4, -0.2) is 10.8 Å². The summed E-state index contributed by atoms with van der Waals surface area (Å²) in [5.74, 6) is 0.843. The van der Waals surface area contributed by atoms with E-state index in [2.05, 4.69) is 4.98 Å². The molecule has 0 aliphatic heterocycles. The van der Waals surface area contributed by atoms with E-state index in [1.165, 1.54) is 12.1 Å². The molecular formula is C19H14FNO2. The molecule has 0 saturated heterocycles. The summed E-state index contributed by atoms with van der Waals surface area (Å²) in [4.78, 5) is 16.2. The van der Waals surface area contributed by atoms with Crippen LogP contribution in [0.1, 0.15) is 15.9 Å². The van der Waals surface area contributed by atoms with E-state index in [-0.39, 0.29) is 11.6 Å². The summed E-state index contributed by atoms with van der Waals surface area (Å²) >= 11 is 0. The van der Waals surface area contributed by atoms with Gasteiger partial charge in [-0.15, -0.1) is 0 Å². The molecule has 0 unspecified atom stereocenters. The van der Waals surface area contributed by atoms with Crippen LogP contribution in [0.3, 0.4) is 0 Å². The second-order valence-electron chi connectivity index (χ2n) is 5.04. The third-order valence-corrected chi connectivity index (χ3v) is 3.31. The first kappa shape index (κ1) is 14.9. The Kier molecular flexibility index (Phi) is 4.43. The minimum Gasteiger partial charge on any atom is -0.457 e. The Balaban J connectivity index is 1.66. The molecule has 4 heteroatoms. The highest BCUT2D eigenvalue weighted by atomic mass is 19.1. The van der Waals surface area contributed by atoms with Gasteiger partial charge in [-0.25, -0.2) is 4.39 Å². The van der Waals surface area contributed by atoms with Crippen molar-refractivity contribution in [3.63, 3.8) is 0 Å². The summed E-state index contributed by atoms with van der Waals surface area (Å²) in [5.41, 5.74) is 1.49. The van der Waals surface area contributed by atoms with E-state index in [4.69, 9.17) is 4.74 Å². The van der Waals surface area contributed by atoms with Gasteiger partial charge in [0.1, 0.15) is 17.3 Å². The highest BCUT2D eigenvalue weighted by Crippen LogP contribution is 2.22. The molecule has 1 aromatic heterocycles. The number of carbonyl (C=O) groups is 1.